The molecule has 4 saturated carbocycles. The van der Waals surface area contributed by atoms with Crippen molar-refractivity contribution >= 4 is 44.1 Å². The number of nitrogens with zero attached hydrogens (tertiary/aromatic N) is 8. The highest BCUT2D eigenvalue weighted by atomic mass is 32.1. The van der Waals surface area contributed by atoms with E-state index in [9.17, 15) is 10.2 Å². The normalized spacial score (nSPS) is 28.2. The zero-order valence-electron chi connectivity index (χ0n) is 34.0. The number of aliphatic hydroxyl groups is 2. The zero-order valence-corrected chi connectivity index (χ0v) is 34.8. The first-order chi connectivity index (χ1) is 27.4. The molecule has 2 aliphatic heterocycles. The van der Waals surface area contributed by atoms with Crippen molar-refractivity contribution < 1.29 is 10.2 Å². The summed E-state index contributed by atoms with van der Waals surface area (Å²) in [5.74, 6) is 2.07. The molecule has 4 bridgehead atoms. The third kappa shape index (κ3) is 6.74. The minimum atomic E-state index is -1.75. The Morgan fingerprint density at radius 2 is 1.61 bits per heavy atom. The third-order valence-corrected chi connectivity index (χ3v) is 15.4. The van der Waals surface area contributed by atoms with Gasteiger partial charge in [0.05, 0.1) is 16.4 Å². The first-order valence-corrected chi connectivity index (χ1v) is 22.1. The van der Waals surface area contributed by atoms with Gasteiger partial charge in [0.2, 0.25) is 0 Å². The van der Waals surface area contributed by atoms with Gasteiger partial charge in [-0.1, -0.05) is 37.3 Å². The number of pyridine rings is 1. The van der Waals surface area contributed by atoms with Crippen LogP contribution in [0.5, 0.6) is 0 Å². The Bertz CT molecular complexity index is 2280. The van der Waals surface area contributed by atoms with Gasteiger partial charge in [-0.25, -0.2) is 9.97 Å². The first kappa shape index (κ1) is 37.3. The van der Waals surface area contributed by atoms with Crippen molar-refractivity contribution in [2.75, 3.05) is 36.4 Å². The average molecular weight is 788 g/mol. The summed E-state index contributed by atoms with van der Waals surface area (Å²) < 4.78 is 3.35. The number of aromatic nitrogens is 6. The molecule has 3 N–H and O–H groups in total. The maximum Gasteiger partial charge on any atom is 0.196 e. The van der Waals surface area contributed by atoms with Gasteiger partial charge in [0.25, 0.3) is 0 Å². The predicted octanol–water partition coefficient (Wildman–Crippen LogP) is 9.02. The van der Waals surface area contributed by atoms with Crippen molar-refractivity contribution in [3.63, 3.8) is 0 Å². The molecule has 1 saturated heterocycles. The lowest BCUT2D eigenvalue weighted by Gasteiger charge is -2.70. The quantitative estimate of drug-likeness (QED) is 0.112. The third-order valence-electron chi connectivity index (χ3n) is 14.4. The molecule has 57 heavy (non-hydrogen) atoms. The summed E-state index contributed by atoms with van der Waals surface area (Å²) in [5.41, 5.74) is 7.42. The predicted molar refractivity (Wildman–Crippen MR) is 226 cm³/mol. The molecule has 1 aromatic carbocycles. The molecule has 12 heteroatoms. The van der Waals surface area contributed by atoms with Gasteiger partial charge >= 0.3 is 0 Å². The molecule has 4 aromatic heterocycles. The highest BCUT2D eigenvalue weighted by Crippen LogP contribution is 2.75. The van der Waals surface area contributed by atoms with Crippen LogP contribution in [0.1, 0.15) is 113 Å². The summed E-state index contributed by atoms with van der Waals surface area (Å²) in [6.45, 7) is 14.8. The van der Waals surface area contributed by atoms with Crippen molar-refractivity contribution in [1.29, 1.82) is 0 Å². The maximum absolute atomic E-state index is 10.8. The smallest absolute Gasteiger partial charge is 0.196 e. The Labute approximate surface area is 339 Å². The van der Waals surface area contributed by atoms with Crippen LogP contribution in [0.3, 0.4) is 0 Å². The number of likely N-dealkylation sites (tertiary alicyclic amines) is 1. The molecule has 0 spiro atoms. The van der Waals surface area contributed by atoms with Gasteiger partial charge in [-0.15, -0.1) is 10.2 Å². The van der Waals surface area contributed by atoms with Gasteiger partial charge in [0.15, 0.2) is 23.1 Å². The molecule has 0 amide bonds. The Balaban J connectivity index is 0.904. The molecule has 5 aromatic rings. The lowest BCUT2D eigenvalue weighted by molar-refractivity contribution is -0.198. The number of hydrogen-bond acceptors (Lipinski definition) is 11. The second-order valence-electron chi connectivity index (χ2n) is 19.5. The number of nitrogens with one attached hydrogen (secondary N) is 1. The summed E-state index contributed by atoms with van der Waals surface area (Å²) in [7, 11) is 0. The van der Waals surface area contributed by atoms with Gasteiger partial charge in [-0.05, 0) is 156 Å². The Hall–Kier alpha value is -3.97. The van der Waals surface area contributed by atoms with Gasteiger partial charge in [-0.3, -0.25) is 4.68 Å². The van der Waals surface area contributed by atoms with Crippen LogP contribution in [0.15, 0.2) is 42.6 Å². The summed E-state index contributed by atoms with van der Waals surface area (Å²) >= 11 is 1.60. The van der Waals surface area contributed by atoms with Crippen LogP contribution in [0, 0.1) is 35.5 Å². The van der Waals surface area contributed by atoms with Gasteiger partial charge < -0.3 is 25.3 Å². The van der Waals surface area contributed by atoms with E-state index in [-0.39, 0.29) is 11.1 Å². The molecule has 2 unspecified atom stereocenters. The molecule has 5 fully saturated rings. The minimum absolute atomic E-state index is 0.228. The number of benzene rings is 1. The number of thiazole rings is 1. The van der Waals surface area contributed by atoms with Crippen molar-refractivity contribution in [3.8, 4) is 11.1 Å². The van der Waals surface area contributed by atoms with Crippen molar-refractivity contribution in [1.82, 2.24) is 34.8 Å². The molecule has 4 aliphatic carbocycles. The second-order valence-corrected chi connectivity index (χ2v) is 20.5. The molecule has 11 nitrogen and oxygen atoms in total. The Kier molecular flexibility index (Phi) is 9.04. The largest absolute Gasteiger partial charge is 0.363 e. The number of aliphatic hydroxyl groups excluding tert-OH is 1. The van der Waals surface area contributed by atoms with Crippen LogP contribution in [0.4, 0.5) is 22.6 Å². The van der Waals surface area contributed by atoms with Gasteiger partial charge in [0, 0.05) is 41.0 Å². The molecule has 300 valence electrons. The summed E-state index contributed by atoms with van der Waals surface area (Å²) in [4.78, 5) is 14.4. The zero-order chi connectivity index (χ0) is 39.2. The Morgan fingerprint density at radius 3 is 2.39 bits per heavy atom. The SMILES string of the molecule is Cc1c(Nc2nc3ccccc3s2)nnc2c1CCCN2c1ccc(-c2cnn(CC34CC5(CCCN6CCCC6)C[C@@](C)(C3)C[C@](C)(C5)C4)c2C)c(C(O)O)n1. The van der Waals surface area contributed by atoms with E-state index in [1.165, 1.54) is 83.8 Å². The maximum atomic E-state index is 10.8. The molecular formula is C45H57N9O2S. The molecule has 6 heterocycles. The van der Waals surface area contributed by atoms with Crippen LogP contribution in [0.25, 0.3) is 21.3 Å². The highest BCUT2D eigenvalue weighted by molar-refractivity contribution is 7.22. The number of fused-ring (bicyclic) bond motifs is 2. The number of hydrogen-bond donors (Lipinski definition) is 3. The van der Waals surface area contributed by atoms with E-state index >= 15 is 0 Å². The molecule has 11 rings (SSSR count). The van der Waals surface area contributed by atoms with E-state index in [1.54, 1.807) is 11.3 Å². The number of anilines is 4. The molecule has 4 atom stereocenters. The fourth-order valence-electron chi connectivity index (χ4n) is 13.5. The fourth-order valence-corrected chi connectivity index (χ4v) is 14.4. The van der Waals surface area contributed by atoms with Crippen LogP contribution >= 0.6 is 11.3 Å². The van der Waals surface area contributed by atoms with E-state index in [2.05, 4.69) is 58.7 Å². The topological polar surface area (TPSA) is 128 Å². The molecular weight excluding hydrogens is 731 g/mol. The highest BCUT2D eigenvalue weighted by Gasteiger charge is 2.65. The fraction of sp³-hybridized carbons (Fsp3) is 0.578. The first-order valence-electron chi connectivity index (χ1n) is 21.3. The number of para-hydroxylation sites is 1. The van der Waals surface area contributed by atoms with E-state index in [4.69, 9.17) is 20.2 Å². The summed E-state index contributed by atoms with van der Waals surface area (Å²) in [6, 6.07) is 12.1. The average Bonchev–Trinajstić information content (AvgIpc) is 3.91. The van der Waals surface area contributed by atoms with Gasteiger partial charge in [-0.2, -0.15) is 5.10 Å². The van der Waals surface area contributed by atoms with Crippen LogP contribution in [-0.4, -0.2) is 71.2 Å². The van der Waals surface area contributed by atoms with Crippen LogP contribution in [-0.2, 0) is 13.0 Å². The standard InChI is InChI=1S/C45H57N9O2S/c1-29-31-11-9-20-53(39(31)51-50-38(29)49-41-47-34-12-5-6-13-35(34)57-41)36-15-14-32(37(48-36)40(55)56)33-21-46-54(30(33)2)28-45-25-42(3)22-43(4,26-45)24-44(23-42,27-45)16-10-19-52-17-7-8-18-52/h5-6,12-15,21,40,55-56H,7-11,16-20,22-28H2,1-4H3,(H,47,49,50)/t42-,43+,44?,45?. The lowest BCUT2D eigenvalue weighted by atomic mass is 9.35. The van der Waals surface area contributed by atoms with Crippen molar-refractivity contribution in [2.45, 2.75) is 118 Å². The van der Waals surface area contributed by atoms with E-state index in [1.807, 2.05) is 36.5 Å². The summed E-state index contributed by atoms with van der Waals surface area (Å²) in [5, 5.41) is 40.1. The number of rotatable bonds is 11. The van der Waals surface area contributed by atoms with Gasteiger partial charge in [0.1, 0.15) is 11.5 Å². The summed E-state index contributed by atoms with van der Waals surface area (Å²) in [6.07, 6.45) is 15.3. The van der Waals surface area contributed by atoms with Crippen LogP contribution in [0.2, 0.25) is 0 Å². The Morgan fingerprint density at radius 1 is 0.842 bits per heavy atom. The van der Waals surface area contributed by atoms with Crippen LogP contribution < -0.4 is 10.2 Å². The van der Waals surface area contributed by atoms with E-state index in [0.29, 0.717) is 40.0 Å². The van der Waals surface area contributed by atoms with E-state index in [0.717, 1.165) is 62.9 Å². The molecule has 6 aliphatic rings. The van der Waals surface area contributed by atoms with Crippen molar-refractivity contribution in [2.24, 2.45) is 21.7 Å². The lowest BCUT2D eigenvalue weighted by Crippen LogP contribution is -2.60. The monoisotopic (exact) mass is 787 g/mol. The molecule has 0 radical (unpaired) electrons. The van der Waals surface area contributed by atoms with E-state index < -0.39 is 6.29 Å². The van der Waals surface area contributed by atoms with Crippen molar-refractivity contribution in [3.05, 3.63) is 65.1 Å². The second kappa shape index (κ2) is 13.8. The minimum Gasteiger partial charge on any atom is -0.363 e.